The van der Waals surface area contributed by atoms with Gasteiger partial charge in [-0.15, -0.1) is 0 Å². The van der Waals surface area contributed by atoms with Crippen molar-refractivity contribution in [3.05, 3.63) is 33.9 Å². The molecular weight excluding hydrogens is 268 g/mol. The molecular formula is C16H22N2O3. The van der Waals surface area contributed by atoms with E-state index in [4.69, 9.17) is 0 Å². The van der Waals surface area contributed by atoms with Gasteiger partial charge in [-0.1, -0.05) is 45.4 Å². The lowest BCUT2D eigenvalue weighted by Gasteiger charge is -2.08. The molecule has 0 spiro atoms. The highest BCUT2D eigenvalue weighted by atomic mass is 16.6. The zero-order chi connectivity index (χ0) is 15.2. The van der Waals surface area contributed by atoms with E-state index < -0.39 is 4.92 Å². The summed E-state index contributed by atoms with van der Waals surface area (Å²) in [4.78, 5) is 22.4. The number of nitro groups is 1. The molecule has 1 unspecified atom stereocenters. The zero-order valence-electron chi connectivity index (χ0n) is 12.4. The Balaban J connectivity index is 1.94. The van der Waals surface area contributed by atoms with Gasteiger partial charge in [-0.3, -0.25) is 14.9 Å². The van der Waals surface area contributed by atoms with E-state index in [1.54, 1.807) is 6.07 Å². The molecule has 1 amide bonds. The summed E-state index contributed by atoms with van der Waals surface area (Å²) < 4.78 is 0. The van der Waals surface area contributed by atoms with Crippen LogP contribution in [0.2, 0.25) is 0 Å². The summed E-state index contributed by atoms with van der Waals surface area (Å²) >= 11 is 0. The maximum absolute atomic E-state index is 12.0. The van der Waals surface area contributed by atoms with Crippen LogP contribution >= 0.6 is 0 Å². The Morgan fingerprint density at radius 1 is 1.19 bits per heavy atom. The molecule has 5 heteroatoms. The van der Waals surface area contributed by atoms with E-state index in [1.165, 1.54) is 37.8 Å². The zero-order valence-corrected chi connectivity index (χ0v) is 12.4. The summed E-state index contributed by atoms with van der Waals surface area (Å²) in [5.74, 6) is -0.259. The first-order valence-electron chi connectivity index (χ1n) is 7.72. The summed E-state index contributed by atoms with van der Waals surface area (Å²) in [6.45, 7) is 2.19. The van der Waals surface area contributed by atoms with Gasteiger partial charge in [0.15, 0.2) is 0 Å². The first-order valence-corrected chi connectivity index (χ1v) is 7.72. The number of nitro benzene ring substituents is 1. The number of anilines is 1. The molecule has 114 valence electrons. The number of nitrogens with zero attached hydrogens (tertiary/aromatic N) is 1. The Kier molecular flexibility index (Phi) is 5.31. The molecule has 1 aliphatic heterocycles. The largest absolute Gasteiger partial charge is 0.325 e. The van der Waals surface area contributed by atoms with Crippen LogP contribution in [0.1, 0.15) is 63.4 Å². The van der Waals surface area contributed by atoms with Crippen molar-refractivity contribution in [2.75, 3.05) is 5.32 Å². The number of benzene rings is 1. The monoisotopic (exact) mass is 290 g/mol. The maximum atomic E-state index is 12.0. The van der Waals surface area contributed by atoms with Crippen molar-refractivity contribution in [2.24, 2.45) is 0 Å². The molecule has 0 saturated heterocycles. The Morgan fingerprint density at radius 3 is 2.62 bits per heavy atom. The van der Waals surface area contributed by atoms with Gasteiger partial charge in [0.1, 0.15) is 0 Å². The van der Waals surface area contributed by atoms with Crippen LogP contribution in [0, 0.1) is 10.1 Å². The third-order valence-corrected chi connectivity index (χ3v) is 4.04. The molecule has 0 bridgehead atoms. The third kappa shape index (κ3) is 3.80. The van der Waals surface area contributed by atoms with Gasteiger partial charge in [-0.25, -0.2) is 0 Å². The SMILES string of the molecule is CCCCCCCCC1C(=O)Nc2ccc([N+](=O)[O-])cc21. The highest BCUT2D eigenvalue weighted by Gasteiger charge is 2.31. The summed E-state index contributed by atoms with van der Waals surface area (Å²) in [5.41, 5.74) is 1.56. The molecule has 1 aliphatic rings. The summed E-state index contributed by atoms with van der Waals surface area (Å²) in [6, 6.07) is 4.60. The third-order valence-electron chi connectivity index (χ3n) is 4.04. The van der Waals surface area contributed by atoms with Crippen LogP contribution in [0.25, 0.3) is 0 Å². The lowest BCUT2D eigenvalue weighted by atomic mass is 9.94. The Morgan fingerprint density at radius 2 is 1.90 bits per heavy atom. The van der Waals surface area contributed by atoms with Crippen LogP contribution in [0.5, 0.6) is 0 Å². The van der Waals surface area contributed by atoms with Crippen molar-refractivity contribution in [3.63, 3.8) is 0 Å². The van der Waals surface area contributed by atoms with Crippen LogP contribution in [0.15, 0.2) is 18.2 Å². The van der Waals surface area contributed by atoms with Gasteiger partial charge in [-0.05, 0) is 18.1 Å². The number of carbonyl (C=O) groups is 1. The minimum atomic E-state index is -0.412. The van der Waals surface area contributed by atoms with Gasteiger partial charge in [-0.2, -0.15) is 0 Å². The number of carbonyl (C=O) groups excluding carboxylic acids is 1. The predicted octanol–water partition coefficient (Wildman–Crippen LogP) is 4.38. The number of hydrogen-bond donors (Lipinski definition) is 1. The van der Waals surface area contributed by atoms with Crippen molar-refractivity contribution in [1.82, 2.24) is 0 Å². The summed E-state index contributed by atoms with van der Waals surface area (Å²) in [7, 11) is 0. The normalized spacial score (nSPS) is 16.6. The topological polar surface area (TPSA) is 72.2 Å². The van der Waals surface area contributed by atoms with E-state index >= 15 is 0 Å². The van der Waals surface area contributed by atoms with Crippen LogP contribution in [0.3, 0.4) is 0 Å². The minimum Gasteiger partial charge on any atom is -0.325 e. The molecule has 1 aromatic rings. The molecule has 1 heterocycles. The average molecular weight is 290 g/mol. The van der Waals surface area contributed by atoms with Gasteiger partial charge in [0, 0.05) is 17.8 Å². The lowest BCUT2D eigenvalue weighted by molar-refractivity contribution is -0.384. The smallest absolute Gasteiger partial charge is 0.269 e. The van der Waals surface area contributed by atoms with Gasteiger partial charge in [0.05, 0.1) is 10.8 Å². The predicted molar refractivity (Wildman–Crippen MR) is 82.5 cm³/mol. The lowest BCUT2D eigenvalue weighted by Crippen LogP contribution is -2.11. The number of hydrogen-bond acceptors (Lipinski definition) is 3. The van der Waals surface area contributed by atoms with Crippen LogP contribution in [-0.2, 0) is 4.79 Å². The van der Waals surface area contributed by atoms with E-state index in [2.05, 4.69) is 12.2 Å². The fourth-order valence-corrected chi connectivity index (χ4v) is 2.84. The molecule has 0 saturated carbocycles. The summed E-state index contributed by atoms with van der Waals surface area (Å²) in [5, 5.41) is 13.7. The van der Waals surface area contributed by atoms with Gasteiger partial charge >= 0.3 is 0 Å². The Bertz CT molecular complexity index is 528. The standard InChI is InChI=1S/C16H22N2O3/c1-2-3-4-5-6-7-8-13-14-11-12(18(20)21)9-10-15(14)17-16(13)19/h9-11,13H,2-8H2,1H3,(H,17,19). The van der Waals surface area contributed by atoms with E-state index in [9.17, 15) is 14.9 Å². The number of amides is 1. The second-order valence-electron chi connectivity index (χ2n) is 5.63. The van der Waals surface area contributed by atoms with Crippen LogP contribution < -0.4 is 5.32 Å². The maximum Gasteiger partial charge on any atom is 0.269 e. The molecule has 1 atom stereocenters. The average Bonchev–Trinajstić information content (AvgIpc) is 2.77. The second kappa shape index (κ2) is 7.20. The van der Waals surface area contributed by atoms with Crippen molar-refractivity contribution in [2.45, 2.75) is 57.8 Å². The molecule has 1 N–H and O–H groups in total. The van der Waals surface area contributed by atoms with Crippen molar-refractivity contribution in [3.8, 4) is 0 Å². The molecule has 21 heavy (non-hydrogen) atoms. The van der Waals surface area contributed by atoms with E-state index in [-0.39, 0.29) is 17.5 Å². The van der Waals surface area contributed by atoms with Crippen molar-refractivity contribution in [1.29, 1.82) is 0 Å². The van der Waals surface area contributed by atoms with Crippen molar-refractivity contribution >= 4 is 17.3 Å². The van der Waals surface area contributed by atoms with Gasteiger partial charge in [0.2, 0.25) is 5.91 Å². The molecule has 0 fully saturated rings. The molecule has 0 aromatic heterocycles. The first kappa shape index (κ1) is 15.5. The summed E-state index contributed by atoms with van der Waals surface area (Å²) in [6.07, 6.45) is 7.81. The first-order chi connectivity index (χ1) is 10.1. The quantitative estimate of drug-likeness (QED) is 0.438. The number of non-ortho nitro benzene ring substituents is 1. The molecule has 0 radical (unpaired) electrons. The fraction of sp³-hybridized carbons (Fsp3) is 0.562. The Hall–Kier alpha value is -1.91. The van der Waals surface area contributed by atoms with Crippen LogP contribution in [-0.4, -0.2) is 10.8 Å². The number of nitrogens with one attached hydrogen (secondary N) is 1. The van der Waals surface area contributed by atoms with E-state index in [0.717, 1.165) is 30.5 Å². The molecule has 1 aromatic carbocycles. The molecule has 0 aliphatic carbocycles. The van der Waals surface area contributed by atoms with Gasteiger partial charge in [0.25, 0.3) is 5.69 Å². The Labute approximate surface area is 124 Å². The number of fused-ring (bicyclic) bond motifs is 1. The van der Waals surface area contributed by atoms with Gasteiger partial charge < -0.3 is 5.32 Å². The highest BCUT2D eigenvalue weighted by Crippen LogP contribution is 2.37. The number of unbranched alkanes of at least 4 members (excludes halogenated alkanes) is 5. The molecule has 5 nitrogen and oxygen atoms in total. The van der Waals surface area contributed by atoms with Crippen molar-refractivity contribution < 1.29 is 9.72 Å². The minimum absolute atomic E-state index is 0.0287. The van der Waals surface area contributed by atoms with E-state index in [0.29, 0.717) is 0 Å². The van der Waals surface area contributed by atoms with E-state index in [1.807, 2.05) is 0 Å². The van der Waals surface area contributed by atoms with Crippen LogP contribution in [0.4, 0.5) is 11.4 Å². The fourth-order valence-electron chi connectivity index (χ4n) is 2.84. The second-order valence-corrected chi connectivity index (χ2v) is 5.63. The highest BCUT2D eigenvalue weighted by molar-refractivity contribution is 6.03. The molecule has 2 rings (SSSR count). The number of rotatable bonds is 8.